The molecule has 1 N–H and O–H groups in total. The number of thioether (sulfide) groups is 1. The Kier molecular flexibility index (Phi) is 4.84. The molecule has 0 aliphatic rings. The average molecular weight is 384 g/mol. The first kappa shape index (κ1) is 17.2. The van der Waals surface area contributed by atoms with E-state index in [0.29, 0.717) is 46.2 Å². The molecule has 9 heteroatoms. The highest BCUT2D eigenvalue weighted by atomic mass is 32.2. The summed E-state index contributed by atoms with van der Waals surface area (Å²) in [6.45, 7) is 0.443. The lowest BCUT2D eigenvalue weighted by molar-refractivity contribution is 0.313. The van der Waals surface area contributed by atoms with E-state index in [4.69, 9.17) is 13.9 Å². The number of hydrogen-bond donors (Lipinski definition) is 1. The van der Waals surface area contributed by atoms with Gasteiger partial charge in [0.1, 0.15) is 0 Å². The Bertz CT molecular complexity index is 1100. The van der Waals surface area contributed by atoms with E-state index in [0.717, 1.165) is 0 Å². The van der Waals surface area contributed by atoms with Crippen molar-refractivity contribution in [2.24, 2.45) is 0 Å². The molecule has 8 nitrogen and oxygen atoms in total. The molecule has 3 heterocycles. The number of benzene rings is 1. The van der Waals surface area contributed by atoms with E-state index < -0.39 is 0 Å². The number of aromatic nitrogens is 4. The normalized spacial score (nSPS) is 11.0. The molecule has 138 valence electrons. The number of para-hydroxylation sites is 2. The van der Waals surface area contributed by atoms with Crippen LogP contribution in [0.1, 0.15) is 0 Å². The molecule has 0 spiro atoms. The molecule has 0 fully saturated rings. The molecule has 0 saturated carbocycles. The molecule has 0 unspecified atom stereocenters. The van der Waals surface area contributed by atoms with Gasteiger partial charge in [0.25, 0.3) is 5.56 Å². The van der Waals surface area contributed by atoms with Crippen LogP contribution in [0, 0.1) is 0 Å². The van der Waals surface area contributed by atoms with Gasteiger partial charge in [-0.15, -0.1) is 0 Å². The maximum Gasteiger partial charge on any atom is 0.266 e. The summed E-state index contributed by atoms with van der Waals surface area (Å²) in [5.74, 6) is 2.94. The van der Waals surface area contributed by atoms with E-state index in [9.17, 15) is 4.79 Å². The number of hydrogen-bond acceptors (Lipinski definition) is 7. The molecule has 4 rings (SSSR count). The Hall–Kier alpha value is -3.20. The fraction of sp³-hybridized carbons (Fsp3) is 0.167. The number of aromatic amines is 1. The molecular formula is C18H16N4O4S. The smallest absolute Gasteiger partial charge is 0.266 e. The minimum absolute atomic E-state index is 0.243. The number of ether oxygens (including phenoxy) is 2. The zero-order chi connectivity index (χ0) is 18.6. The van der Waals surface area contributed by atoms with Crippen LogP contribution in [0.25, 0.3) is 17.2 Å². The van der Waals surface area contributed by atoms with Crippen molar-refractivity contribution in [1.82, 2.24) is 19.6 Å². The lowest BCUT2D eigenvalue weighted by atomic mass is 10.3. The largest absolute Gasteiger partial charge is 0.493 e. The van der Waals surface area contributed by atoms with Crippen LogP contribution in [0.2, 0.25) is 0 Å². The summed E-state index contributed by atoms with van der Waals surface area (Å²) < 4.78 is 18.0. The second kappa shape index (κ2) is 7.58. The first-order valence-electron chi connectivity index (χ1n) is 8.17. The number of furan rings is 1. The Morgan fingerprint density at radius 3 is 2.81 bits per heavy atom. The molecule has 0 amide bonds. The predicted octanol–water partition coefficient (Wildman–Crippen LogP) is 2.86. The zero-order valence-electron chi connectivity index (χ0n) is 14.4. The summed E-state index contributed by atoms with van der Waals surface area (Å²) in [6.07, 6.45) is 1.56. The van der Waals surface area contributed by atoms with Gasteiger partial charge in [-0.2, -0.15) is 4.98 Å². The third-order valence-electron chi connectivity index (χ3n) is 3.71. The third kappa shape index (κ3) is 3.68. The number of nitrogens with zero attached hydrogens (tertiary/aromatic N) is 3. The molecule has 3 aromatic heterocycles. The van der Waals surface area contributed by atoms with Gasteiger partial charge >= 0.3 is 0 Å². The van der Waals surface area contributed by atoms with Gasteiger partial charge < -0.3 is 13.9 Å². The van der Waals surface area contributed by atoms with Gasteiger partial charge in [0.2, 0.25) is 0 Å². The van der Waals surface area contributed by atoms with Crippen LogP contribution in [0.5, 0.6) is 11.5 Å². The van der Waals surface area contributed by atoms with E-state index in [-0.39, 0.29) is 5.56 Å². The van der Waals surface area contributed by atoms with Crippen molar-refractivity contribution in [1.29, 1.82) is 0 Å². The van der Waals surface area contributed by atoms with E-state index >= 15 is 0 Å². The van der Waals surface area contributed by atoms with Gasteiger partial charge in [0.05, 0.1) is 20.0 Å². The maximum absolute atomic E-state index is 11.7. The molecule has 0 aliphatic carbocycles. The van der Waals surface area contributed by atoms with Gasteiger partial charge in [-0.3, -0.25) is 9.89 Å². The first-order chi connectivity index (χ1) is 13.2. The average Bonchev–Trinajstić information content (AvgIpc) is 3.34. The van der Waals surface area contributed by atoms with Crippen LogP contribution >= 0.6 is 11.8 Å². The summed E-state index contributed by atoms with van der Waals surface area (Å²) in [7, 11) is 1.60. The second-order valence-corrected chi connectivity index (χ2v) is 6.53. The van der Waals surface area contributed by atoms with Gasteiger partial charge in [-0.1, -0.05) is 23.9 Å². The van der Waals surface area contributed by atoms with Crippen LogP contribution in [0.4, 0.5) is 0 Å². The van der Waals surface area contributed by atoms with Crippen LogP contribution in [-0.2, 0) is 0 Å². The van der Waals surface area contributed by atoms with Crippen LogP contribution in [0.3, 0.4) is 0 Å². The van der Waals surface area contributed by atoms with E-state index in [1.807, 2.05) is 24.3 Å². The molecule has 1 aromatic carbocycles. The van der Waals surface area contributed by atoms with Crippen molar-refractivity contribution < 1.29 is 13.9 Å². The van der Waals surface area contributed by atoms with Gasteiger partial charge in [-0.25, -0.2) is 9.50 Å². The number of nitrogens with one attached hydrogen (secondary N) is 1. The van der Waals surface area contributed by atoms with E-state index in [1.54, 1.807) is 30.0 Å². The molecule has 0 saturated heterocycles. The summed E-state index contributed by atoms with van der Waals surface area (Å²) in [5, 5.41) is 3.29. The molecule has 27 heavy (non-hydrogen) atoms. The Morgan fingerprint density at radius 1 is 1.19 bits per heavy atom. The number of H-pyrrole nitrogens is 1. The molecule has 0 radical (unpaired) electrons. The standard InChI is InChI=1S/C18H16N4O4S/c1-24-12-5-2-3-6-13(12)26-9-10-27-18-20-17(14-7-4-8-25-14)19-15-11-16(23)21-22(15)18/h2-8,11H,9-10H2,1H3,(H,21,23). The molecule has 0 bridgehead atoms. The van der Waals surface area contributed by atoms with Crippen molar-refractivity contribution >= 4 is 17.4 Å². The second-order valence-electron chi connectivity index (χ2n) is 5.47. The Labute approximate surface area is 158 Å². The third-order valence-corrected chi connectivity index (χ3v) is 4.61. The summed E-state index contributed by atoms with van der Waals surface area (Å²) in [5.41, 5.74) is 0.238. The number of fused-ring (bicyclic) bond motifs is 1. The Morgan fingerprint density at radius 2 is 2.04 bits per heavy atom. The molecule has 0 atom stereocenters. The molecule has 0 aliphatic heterocycles. The highest BCUT2D eigenvalue weighted by molar-refractivity contribution is 7.99. The van der Waals surface area contributed by atoms with Gasteiger partial charge in [-0.05, 0) is 24.3 Å². The lowest BCUT2D eigenvalue weighted by Gasteiger charge is -2.10. The molecular weight excluding hydrogens is 368 g/mol. The van der Waals surface area contributed by atoms with Crippen molar-refractivity contribution in [3.05, 3.63) is 59.1 Å². The first-order valence-corrected chi connectivity index (χ1v) is 9.15. The quantitative estimate of drug-likeness (QED) is 0.387. The van der Waals surface area contributed by atoms with Crippen LogP contribution in [0.15, 0.2) is 63.1 Å². The summed E-state index contributed by atoms with van der Waals surface area (Å²) >= 11 is 1.44. The van der Waals surface area contributed by atoms with E-state index in [2.05, 4.69) is 15.1 Å². The monoisotopic (exact) mass is 384 g/mol. The highest BCUT2D eigenvalue weighted by Crippen LogP contribution is 2.26. The summed E-state index contributed by atoms with van der Waals surface area (Å²) in [4.78, 5) is 20.6. The number of methoxy groups -OCH3 is 1. The van der Waals surface area contributed by atoms with Gasteiger partial charge in [0.15, 0.2) is 33.9 Å². The van der Waals surface area contributed by atoms with Crippen molar-refractivity contribution in [3.63, 3.8) is 0 Å². The van der Waals surface area contributed by atoms with Gasteiger partial charge in [0, 0.05) is 11.8 Å². The van der Waals surface area contributed by atoms with Crippen LogP contribution in [-0.4, -0.2) is 39.1 Å². The minimum Gasteiger partial charge on any atom is -0.493 e. The van der Waals surface area contributed by atoms with Crippen molar-refractivity contribution in [2.45, 2.75) is 5.16 Å². The zero-order valence-corrected chi connectivity index (χ0v) is 15.2. The van der Waals surface area contributed by atoms with E-state index in [1.165, 1.54) is 17.8 Å². The molecule has 4 aromatic rings. The summed E-state index contributed by atoms with van der Waals surface area (Å²) in [6, 6.07) is 12.4. The van der Waals surface area contributed by atoms with Crippen molar-refractivity contribution in [3.8, 4) is 23.1 Å². The number of rotatable bonds is 7. The minimum atomic E-state index is -0.243. The van der Waals surface area contributed by atoms with Crippen LogP contribution < -0.4 is 15.0 Å². The fourth-order valence-electron chi connectivity index (χ4n) is 2.52. The fourth-order valence-corrected chi connectivity index (χ4v) is 3.29. The highest BCUT2D eigenvalue weighted by Gasteiger charge is 2.13. The predicted molar refractivity (Wildman–Crippen MR) is 101 cm³/mol. The topological polar surface area (TPSA) is 94.7 Å². The SMILES string of the molecule is COc1ccccc1OCCSc1nc(-c2ccco2)nc2cc(=O)[nH]n12. The van der Waals surface area contributed by atoms with Crippen molar-refractivity contribution in [2.75, 3.05) is 19.5 Å². The maximum atomic E-state index is 11.7. The lowest BCUT2D eigenvalue weighted by Crippen LogP contribution is -2.07. The Balaban J connectivity index is 1.52.